The van der Waals surface area contributed by atoms with Gasteiger partial charge >= 0.3 is 0 Å². The third kappa shape index (κ3) is 3.67. The van der Waals surface area contributed by atoms with Crippen molar-refractivity contribution in [2.24, 2.45) is 0 Å². The summed E-state index contributed by atoms with van der Waals surface area (Å²) in [4.78, 5) is 10.9. The molecule has 2 aromatic heterocycles. The number of ether oxygens (including phenoxy) is 1. The second-order valence-electron chi connectivity index (χ2n) is 5.21. The monoisotopic (exact) mass is 363 g/mol. The summed E-state index contributed by atoms with van der Waals surface area (Å²) in [6.45, 7) is 3.58. The number of aryl methyl sites for hydroxylation is 1. The minimum absolute atomic E-state index is 0.0300. The molecule has 2 N–H and O–H groups in total. The van der Waals surface area contributed by atoms with Crippen LogP contribution in [-0.4, -0.2) is 41.4 Å². The van der Waals surface area contributed by atoms with Gasteiger partial charge in [0, 0.05) is 22.0 Å². The number of rotatable bonds is 7. The van der Waals surface area contributed by atoms with E-state index in [0.717, 1.165) is 27.2 Å². The number of benzene rings is 1. The lowest BCUT2D eigenvalue weighted by Gasteiger charge is -2.09. The van der Waals surface area contributed by atoms with E-state index >= 15 is 0 Å². The summed E-state index contributed by atoms with van der Waals surface area (Å²) in [7, 11) is 0. The van der Waals surface area contributed by atoms with Gasteiger partial charge in [-0.15, -0.1) is 11.3 Å². The van der Waals surface area contributed by atoms with Crippen LogP contribution in [0.15, 0.2) is 30.6 Å². The molecule has 0 radical (unpaired) electrons. The van der Waals surface area contributed by atoms with Gasteiger partial charge in [0.15, 0.2) is 0 Å². The van der Waals surface area contributed by atoms with E-state index in [4.69, 9.17) is 21.4 Å². The molecule has 0 saturated heterocycles. The highest BCUT2D eigenvalue weighted by Gasteiger charge is 2.16. The second-order valence-corrected chi connectivity index (χ2v) is 6.84. The van der Waals surface area contributed by atoms with Gasteiger partial charge in [-0.05, 0) is 24.6 Å². The standard InChI is InChI=1S/C17H18ClN3O2S/c1-11-14(12-2-4-13(18)5-3-12)15-16(19-6-8-23-9-7-22)20-10-21-17(15)24-11/h2-5,10,22H,6-9H2,1H3,(H,19,20,21). The molecule has 1 aromatic carbocycles. The van der Waals surface area contributed by atoms with Crippen LogP contribution in [0.4, 0.5) is 5.82 Å². The summed E-state index contributed by atoms with van der Waals surface area (Å²) < 4.78 is 5.28. The fourth-order valence-electron chi connectivity index (χ4n) is 2.55. The smallest absolute Gasteiger partial charge is 0.138 e. The van der Waals surface area contributed by atoms with E-state index in [-0.39, 0.29) is 6.61 Å². The van der Waals surface area contributed by atoms with Crippen LogP contribution in [0.1, 0.15) is 4.88 Å². The van der Waals surface area contributed by atoms with Crippen LogP contribution >= 0.6 is 22.9 Å². The van der Waals surface area contributed by atoms with Crippen LogP contribution < -0.4 is 5.32 Å². The van der Waals surface area contributed by atoms with Crippen molar-refractivity contribution in [3.8, 4) is 11.1 Å². The van der Waals surface area contributed by atoms with E-state index in [9.17, 15) is 0 Å². The molecule has 0 aliphatic carbocycles. The van der Waals surface area contributed by atoms with Crippen molar-refractivity contribution >= 4 is 39.0 Å². The van der Waals surface area contributed by atoms with Gasteiger partial charge in [-0.3, -0.25) is 0 Å². The molecule has 0 fully saturated rings. The quantitative estimate of drug-likeness (QED) is 0.626. The maximum atomic E-state index is 8.73. The number of aliphatic hydroxyl groups is 1. The third-order valence-electron chi connectivity index (χ3n) is 3.57. The molecule has 0 aliphatic rings. The summed E-state index contributed by atoms with van der Waals surface area (Å²) >= 11 is 7.66. The zero-order valence-electron chi connectivity index (χ0n) is 13.3. The van der Waals surface area contributed by atoms with Crippen LogP contribution in [0, 0.1) is 6.92 Å². The normalized spacial score (nSPS) is 11.1. The topological polar surface area (TPSA) is 67.3 Å². The van der Waals surface area contributed by atoms with Crippen molar-refractivity contribution in [1.29, 1.82) is 0 Å². The first-order valence-corrected chi connectivity index (χ1v) is 8.82. The van der Waals surface area contributed by atoms with Crippen LogP contribution in [0.3, 0.4) is 0 Å². The number of hydrogen-bond acceptors (Lipinski definition) is 6. The molecular formula is C17H18ClN3O2S. The highest BCUT2D eigenvalue weighted by atomic mass is 35.5. The Balaban J connectivity index is 1.94. The Bertz CT molecular complexity index is 821. The van der Waals surface area contributed by atoms with Gasteiger partial charge in [0.25, 0.3) is 0 Å². The van der Waals surface area contributed by atoms with E-state index in [0.29, 0.717) is 24.8 Å². The van der Waals surface area contributed by atoms with Gasteiger partial charge in [0.2, 0.25) is 0 Å². The van der Waals surface area contributed by atoms with E-state index < -0.39 is 0 Å². The number of nitrogens with one attached hydrogen (secondary N) is 1. The molecule has 24 heavy (non-hydrogen) atoms. The Morgan fingerprint density at radius 3 is 2.75 bits per heavy atom. The van der Waals surface area contributed by atoms with Gasteiger partial charge in [-0.25, -0.2) is 9.97 Å². The minimum atomic E-state index is 0.0300. The maximum absolute atomic E-state index is 8.73. The number of hydrogen-bond donors (Lipinski definition) is 2. The molecule has 0 amide bonds. The van der Waals surface area contributed by atoms with Crippen molar-refractivity contribution in [2.45, 2.75) is 6.92 Å². The second kappa shape index (κ2) is 7.90. The number of halogens is 1. The number of aliphatic hydroxyl groups excluding tert-OH is 1. The van der Waals surface area contributed by atoms with Crippen LogP contribution in [0.5, 0.6) is 0 Å². The number of aromatic nitrogens is 2. The third-order valence-corrected chi connectivity index (χ3v) is 4.84. The molecule has 0 atom stereocenters. The Morgan fingerprint density at radius 1 is 1.21 bits per heavy atom. The lowest BCUT2D eigenvalue weighted by molar-refractivity contribution is 0.0992. The zero-order valence-corrected chi connectivity index (χ0v) is 14.8. The van der Waals surface area contributed by atoms with Crippen LogP contribution in [0.25, 0.3) is 21.3 Å². The number of fused-ring (bicyclic) bond motifs is 1. The van der Waals surface area contributed by atoms with E-state index in [1.54, 1.807) is 17.7 Å². The van der Waals surface area contributed by atoms with Gasteiger partial charge in [-0.1, -0.05) is 23.7 Å². The van der Waals surface area contributed by atoms with Gasteiger partial charge < -0.3 is 15.2 Å². The average Bonchev–Trinajstić information content (AvgIpc) is 2.92. The molecule has 0 aliphatic heterocycles. The lowest BCUT2D eigenvalue weighted by Crippen LogP contribution is -2.12. The molecule has 7 heteroatoms. The molecule has 0 spiro atoms. The fraction of sp³-hybridized carbons (Fsp3) is 0.294. The first-order chi connectivity index (χ1) is 11.7. The Morgan fingerprint density at radius 2 is 2.00 bits per heavy atom. The van der Waals surface area contributed by atoms with E-state index in [1.165, 1.54) is 4.88 Å². The number of anilines is 1. The molecular weight excluding hydrogens is 346 g/mol. The van der Waals surface area contributed by atoms with Crippen molar-refractivity contribution < 1.29 is 9.84 Å². The Labute approximate surface area is 149 Å². The SMILES string of the molecule is Cc1sc2ncnc(NCCOCCO)c2c1-c1ccc(Cl)cc1. The molecule has 3 aromatic rings. The Hall–Kier alpha value is -1.73. The molecule has 0 bridgehead atoms. The van der Waals surface area contributed by atoms with Crippen molar-refractivity contribution in [3.63, 3.8) is 0 Å². The summed E-state index contributed by atoms with van der Waals surface area (Å²) in [6, 6.07) is 7.80. The van der Waals surface area contributed by atoms with Gasteiger partial charge in [0.1, 0.15) is 17.0 Å². The molecule has 0 saturated carbocycles. The lowest BCUT2D eigenvalue weighted by atomic mass is 10.0. The molecule has 3 rings (SSSR count). The van der Waals surface area contributed by atoms with Gasteiger partial charge in [0.05, 0.1) is 25.2 Å². The van der Waals surface area contributed by atoms with E-state index in [2.05, 4.69) is 22.2 Å². The van der Waals surface area contributed by atoms with Gasteiger partial charge in [-0.2, -0.15) is 0 Å². The van der Waals surface area contributed by atoms with Crippen molar-refractivity contribution in [3.05, 3.63) is 40.5 Å². The van der Waals surface area contributed by atoms with Crippen molar-refractivity contribution in [1.82, 2.24) is 9.97 Å². The first kappa shape index (κ1) is 17.1. The van der Waals surface area contributed by atoms with Crippen molar-refractivity contribution in [2.75, 3.05) is 31.7 Å². The highest BCUT2D eigenvalue weighted by molar-refractivity contribution is 7.19. The summed E-state index contributed by atoms with van der Waals surface area (Å²) in [5.41, 5.74) is 2.23. The minimum Gasteiger partial charge on any atom is -0.394 e. The molecule has 2 heterocycles. The summed E-state index contributed by atoms with van der Waals surface area (Å²) in [5.74, 6) is 0.793. The largest absolute Gasteiger partial charge is 0.394 e. The predicted molar refractivity (Wildman–Crippen MR) is 99.0 cm³/mol. The summed E-state index contributed by atoms with van der Waals surface area (Å²) in [6.07, 6.45) is 1.57. The molecule has 5 nitrogen and oxygen atoms in total. The molecule has 126 valence electrons. The number of nitrogens with zero attached hydrogens (tertiary/aromatic N) is 2. The summed E-state index contributed by atoms with van der Waals surface area (Å²) in [5, 5.41) is 13.8. The zero-order chi connectivity index (χ0) is 16.9. The fourth-order valence-corrected chi connectivity index (χ4v) is 3.69. The maximum Gasteiger partial charge on any atom is 0.138 e. The number of thiophene rings is 1. The van der Waals surface area contributed by atoms with E-state index in [1.807, 2.05) is 24.3 Å². The molecule has 0 unspecified atom stereocenters. The Kier molecular flexibility index (Phi) is 5.63. The predicted octanol–water partition coefficient (Wildman–Crippen LogP) is 3.74. The first-order valence-electron chi connectivity index (χ1n) is 7.63. The highest BCUT2D eigenvalue weighted by Crippen LogP contribution is 2.40. The van der Waals surface area contributed by atoms with Crippen LogP contribution in [0.2, 0.25) is 5.02 Å². The average molecular weight is 364 g/mol. The van der Waals surface area contributed by atoms with Crippen LogP contribution in [-0.2, 0) is 4.74 Å².